The van der Waals surface area contributed by atoms with Gasteiger partial charge in [0.2, 0.25) is 0 Å². The number of nitrogens with two attached hydrogens (primary N) is 1. The summed E-state index contributed by atoms with van der Waals surface area (Å²) in [6.45, 7) is 2.35. The molecule has 0 saturated heterocycles. The maximum absolute atomic E-state index is 12.4. The first-order valence-corrected chi connectivity index (χ1v) is 8.30. The Morgan fingerprint density at radius 2 is 1.96 bits per heavy atom. The van der Waals surface area contributed by atoms with E-state index in [4.69, 9.17) is 10.5 Å². The Labute approximate surface area is 146 Å². The smallest absolute Gasteiger partial charge is 0.123 e. The molecule has 0 radical (unpaired) electrons. The SMILES string of the molecule is CCCn1c(-c2ccc(N)cc2)c(C#N)c2ccc(OCCF)cc21. The molecule has 0 aliphatic carbocycles. The van der Waals surface area contributed by atoms with Gasteiger partial charge in [-0.15, -0.1) is 0 Å². The van der Waals surface area contributed by atoms with Gasteiger partial charge in [0.1, 0.15) is 25.1 Å². The molecule has 0 fully saturated rings. The van der Waals surface area contributed by atoms with Crippen LogP contribution >= 0.6 is 0 Å². The molecular weight excluding hydrogens is 317 g/mol. The summed E-state index contributed by atoms with van der Waals surface area (Å²) in [6, 6.07) is 15.4. The highest BCUT2D eigenvalue weighted by atomic mass is 19.1. The number of rotatable bonds is 6. The van der Waals surface area contributed by atoms with Gasteiger partial charge in [-0.25, -0.2) is 4.39 Å². The van der Waals surface area contributed by atoms with Gasteiger partial charge in [-0.2, -0.15) is 5.26 Å². The van der Waals surface area contributed by atoms with Crippen molar-refractivity contribution in [3.05, 3.63) is 48.0 Å². The van der Waals surface area contributed by atoms with Crippen molar-refractivity contribution in [1.29, 1.82) is 5.26 Å². The summed E-state index contributed by atoms with van der Waals surface area (Å²) < 4.78 is 19.9. The first-order chi connectivity index (χ1) is 12.2. The van der Waals surface area contributed by atoms with Crippen molar-refractivity contribution in [1.82, 2.24) is 4.57 Å². The van der Waals surface area contributed by atoms with Crippen molar-refractivity contribution >= 4 is 16.6 Å². The van der Waals surface area contributed by atoms with Crippen molar-refractivity contribution < 1.29 is 9.13 Å². The van der Waals surface area contributed by atoms with Crippen molar-refractivity contribution in [2.45, 2.75) is 19.9 Å². The van der Waals surface area contributed by atoms with E-state index in [1.165, 1.54) is 0 Å². The molecule has 4 nitrogen and oxygen atoms in total. The van der Waals surface area contributed by atoms with Crippen LogP contribution in [0.5, 0.6) is 5.75 Å². The molecule has 1 heterocycles. The highest BCUT2D eigenvalue weighted by Crippen LogP contribution is 2.35. The molecule has 0 aliphatic heterocycles. The Morgan fingerprint density at radius 3 is 2.60 bits per heavy atom. The standard InChI is InChI=1S/C20H20FN3O/c1-2-10-24-19-12-16(25-11-9-21)7-8-17(19)18(13-22)20(24)14-3-5-15(23)6-4-14/h3-8,12H,2,9-11,23H2,1H3. The Morgan fingerprint density at radius 1 is 1.20 bits per heavy atom. The molecule has 0 saturated carbocycles. The van der Waals surface area contributed by atoms with E-state index >= 15 is 0 Å². The normalized spacial score (nSPS) is 10.8. The number of ether oxygens (including phenoxy) is 1. The summed E-state index contributed by atoms with van der Waals surface area (Å²) in [5.74, 6) is 0.605. The molecule has 2 N–H and O–H groups in total. The fourth-order valence-corrected chi connectivity index (χ4v) is 3.09. The van der Waals surface area contributed by atoms with Gasteiger partial charge in [-0.3, -0.25) is 0 Å². The minimum Gasteiger partial charge on any atom is -0.491 e. The zero-order valence-electron chi connectivity index (χ0n) is 14.1. The molecule has 2 aromatic carbocycles. The summed E-state index contributed by atoms with van der Waals surface area (Å²) in [7, 11) is 0. The third kappa shape index (κ3) is 3.16. The maximum atomic E-state index is 12.4. The molecule has 0 aliphatic rings. The molecule has 0 amide bonds. The van der Waals surface area contributed by atoms with Gasteiger partial charge in [0.25, 0.3) is 0 Å². The number of hydrogen-bond donors (Lipinski definition) is 1. The number of fused-ring (bicyclic) bond motifs is 1. The second-order valence-corrected chi connectivity index (χ2v) is 5.83. The number of nitrogen functional groups attached to an aromatic ring is 1. The van der Waals surface area contributed by atoms with Crippen LogP contribution < -0.4 is 10.5 Å². The van der Waals surface area contributed by atoms with E-state index < -0.39 is 6.67 Å². The van der Waals surface area contributed by atoms with Crippen LogP contribution in [-0.2, 0) is 6.54 Å². The number of benzene rings is 2. The summed E-state index contributed by atoms with van der Waals surface area (Å²) >= 11 is 0. The molecular formula is C20H20FN3O. The van der Waals surface area contributed by atoms with Crippen LogP contribution in [0.3, 0.4) is 0 Å². The topological polar surface area (TPSA) is 64.0 Å². The lowest BCUT2D eigenvalue weighted by Crippen LogP contribution is -2.01. The van der Waals surface area contributed by atoms with E-state index in [1.54, 1.807) is 6.07 Å². The molecule has 0 atom stereocenters. The number of aromatic nitrogens is 1. The lowest BCUT2D eigenvalue weighted by atomic mass is 10.1. The number of aryl methyl sites for hydroxylation is 1. The Hall–Kier alpha value is -3.00. The average Bonchev–Trinajstić information content (AvgIpc) is 2.94. The van der Waals surface area contributed by atoms with Gasteiger partial charge in [0.05, 0.1) is 16.8 Å². The van der Waals surface area contributed by atoms with Gasteiger partial charge in [-0.05, 0) is 36.2 Å². The van der Waals surface area contributed by atoms with Crippen LogP contribution in [0.25, 0.3) is 22.2 Å². The average molecular weight is 337 g/mol. The molecule has 0 unspecified atom stereocenters. The molecule has 25 heavy (non-hydrogen) atoms. The van der Waals surface area contributed by atoms with Crippen molar-refractivity contribution in [2.75, 3.05) is 19.0 Å². The molecule has 0 bridgehead atoms. The monoisotopic (exact) mass is 337 g/mol. The molecule has 0 spiro atoms. The van der Waals surface area contributed by atoms with Crippen molar-refractivity contribution in [2.24, 2.45) is 0 Å². The first kappa shape index (κ1) is 16.8. The fraction of sp³-hybridized carbons (Fsp3) is 0.250. The van der Waals surface area contributed by atoms with E-state index in [-0.39, 0.29) is 6.61 Å². The lowest BCUT2D eigenvalue weighted by Gasteiger charge is -2.11. The van der Waals surface area contributed by atoms with Gasteiger partial charge >= 0.3 is 0 Å². The summed E-state index contributed by atoms with van der Waals surface area (Å²) in [5.41, 5.74) is 9.85. The highest BCUT2D eigenvalue weighted by Gasteiger charge is 2.18. The van der Waals surface area contributed by atoms with Crippen molar-refractivity contribution in [3.8, 4) is 23.1 Å². The van der Waals surface area contributed by atoms with Gasteiger partial charge in [-0.1, -0.05) is 19.1 Å². The third-order valence-corrected chi connectivity index (χ3v) is 4.13. The minimum atomic E-state index is -0.534. The second-order valence-electron chi connectivity index (χ2n) is 5.83. The van der Waals surface area contributed by atoms with Crippen LogP contribution in [0, 0.1) is 11.3 Å². The van der Waals surface area contributed by atoms with Crippen LogP contribution in [0.4, 0.5) is 10.1 Å². The number of hydrogen-bond acceptors (Lipinski definition) is 3. The molecule has 1 aromatic heterocycles. The predicted molar refractivity (Wildman–Crippen MR) is 98.3 cm³/mol. The van der Waals surface area contributed by atoms with Crippen LogP contribution in [0.1, 0.15) is 18.9 Å². The highest BCUT2D eigenvalue weighted by molar-refractivity contribution is 5.95. The quantitative estimate of drug-likeness (QED) is 0.673. The van der Waals surface area contributed by atoms with E-state index in [0.29, 0.717) is 17.0 Å². The second kappa shape index (κ2) is 7.27. The Balaban J connectivity index is 2.25. The summed E-state index contributed by atoms with van der Waals surface area (Å²) in [5, 5.41) is 10.6. The van der Waals surface area contributed by atoms with Crippen molar-refractivity contribution in [3.63, 3.8) is 0 Å². The first-order valence-electron chi connectivity index (χ1n) is 8.30. The van der Waals surface area contributed by atoms with E-state index in [1.807, 2.05) is 36.4 Å². The predicted octanol–water partition coefficient (Wildman–Crippen LogP) is 4.52. The van der Waals surface area contributed by atoms with Crippen LogP contribution in [0.15, 0.2) is 42.5 Å². The lowest BCUT2D eigenvalue weighted by molar-refractivity contribution is 0.273. The zero-order chi connectivity index (χ0) is 17.8. The summed E-state index contributed by atoms with van der Waals surface area (Å²) in [6.07, 6.45) is 0.923. The number of nitrogens with zero attached hydrogens (tertiary/aromatic N) is 2. The Kier molecular flexibility index (Phi) is 4.90. The largest absolute Gasteiger partial charge is 0.491 e. The maximum Gasteiger partial charge on any atom is 0.123 e. The molecule has 3 aromatic rings. The number of anilines is 1. The van der Waals surface area contributed by atoms with Gasteiger partial charge in [0.15, 0.2) is 0 Å². The number of nitriles is 1. The fourth-order valence-electron chi connectivity index (χ4n) is 3.09. The minimum absolute atomic E-state index is 0.0237. The zero-order valence-corrected chi connectivity index (χ0v) is 14.1. The Bertz CT molecular complexity index is 923. The van der Waals surface area contributed by atoms with E-state index in [0.717, 1.165) is 35.1 Å². The van der Waals surface area contributed by atoms with Crippen LogP contribution in [-0.4, -0.2) is 17.8 Å². The van der Waals surface area contributed by atoms with Gasteiger partial charge in [0, 0.05) is 23.7 Å². The van der Waals surface area contributed by atoms with Gasteiger partial charge < -0.3 is 15.0 Å². The molecule has 5 heteroatoms. The van der Waals surface area contributed by atoms with Crippen LogP contribution in [0.2, 0.25) is 0 Å². The summed E-state index contributed by atoms with van der Waals surface area (Å²) in [4.78, 5) is 0. The molecule has 128 valence electrons. The molecule has 3 rings (SSSR count). The number of halogens is 1. The van der Waals surface area contributed by atoms with E-state index in [9.17, 15) is 9.65 Å². The third-order valence-electron chi connectivity index (χ3n) is 4.13. The van der Waals surface area contributed by atoms with E-state index in [2.05, 4.69) is 17.6 Å². The number of alkyl halides is 1.